The summed E-state index contributed by atoms with van der Waals surface area (Å²) < 4.78 is 0. The Balaban J connectivity index is 1.72. The van der Waals surface area contributed by atoms with Crippen LogP contribution in [0.1, 0.15) is 51.5 Å². The van der Waals surface area contributed by atoms with Gasteiger partial charge < -0.3 is 16.0 Å². The Labute approximate surface area is 156 Å². The molecule has 1 aliphatic rings. The van der Waals surface area contributed by atoms with Gasteiger partial charge in [0.1, 0.15) is 0 Å². The quantitative estimate of drug-likeness (QED) is 0.700. The molecule has 0 radical (unpaired) electrons. The number of urea groups is 1. The molecule has 0 spiro atoms. The number of benzene rings is 1. The summed E-state index contributed by atoms with van der Waals surface area (Å²) in [7, 11) is 0. The normalized spacial score (nSPS) is 15.7. The third kappa shape index (κ3) is 6.67. The fourth-order valence-electron chi connectivity index (χ4n) is 3.09. The zero-order valence-electron chi connectivity index (χ0n) is 16.2. The van der Waals surface area contributed by atoms with Crippen molar-refractivity contribution in [2.75, 3.05) is 31.5 Å². The lowest BCUT2D eigenvalue weighted by Gasteiger charge is -2.31. The second-order valence-electron chi connectivity index (χ2n) is 7.28. The van der Waals surface area contributed by atoms with Gasteiger partial charge in [-0.25, -0.2) is 4.79 Å². The molecule has 3 amide bonds. The number of anilines is 1. The number of carbonyl (C=O) groups is 2. The third-order valence-corrected chi connectivity index (χ3v) is 4.67. The molecule has 0 atom stereocenters. The van der Waals surface area contributed by atoms with E-state index in [0.29, 0.717) is 12.5 Å². The van der Waals surface area contributed by atoms with Gasteiger partial charge in [0, 0.05) is 31.4 Å². The van der Waals surface area contributed by atoms with Gasteiger partial charge in [0.15, 0.2) is 0 Å². The first-order valence-electron chi connectivity index (χ1n) is 9.64. The molecule has 1 heterocycles. The molecule has 1 saturated heterocycles. The molecule has 26 heavy (non-hydrogen) atoms. The highest BCUT2D eigenvalue weighted by Gasteiger charge is 2.22. The molecule has 2 rings (SSSR count). The van der Waals surface area contributed by atoms with Crippen molar-refractivity contribution < 1.29 is 9.59 Å². The standard InChI is InChI=1S/C20H32N4O2/c1-4-10-21-19(25)14-24-11-8-17(9-12-24)22-20(26)23-18-7-5-6-16(13-18)15(2)3/h5-7,13,15,17H,4,8-12,14H2,1-3H3,(H,21,25)(H2,22,23,26). The topological polar surface area (TPSA) is 73.5 Å². The van der Waals surface area contributed by atoms with Crippen molar-refractivity contribution in [2.24, 2.45) is 0 Å². The summed E-state index contributed by atoms with van der Waals surface area (Å²) in [5.41, 5.74) is 2.02. The Kier molecular flexibility index (Phi) is 7.91. The summed E-state index contributed by atoms with van der Waals surface area (Å²) in [4.78, 5) is 26.2. The second kappa shape index (κ2) is 10.2. The Morgan fingerprint density at radius 1 is 1.23 bits per heavy atom. The van der Waals surface area contributed by atoms with Crippen molar-refractivity contribution >= 4 is 17.6 Å². The van der Waals surface area contributed by atoms with E-state index in [1.165, 1.54) is 5.56 Å². The summed E-state index contributed by atoms with van der Waals surface area (Å²) in [5.74, 6) is 0.514. The van der Waals surface area contributed by atoms with Crippen LogP contribution >= 0.6 is 0 Å². The Morgan fingerprint density at radius 2 is 1.96 bits per heavy atom. The molecule has 144 valence electrons. The van der Waals surface area contributed by atoms with Crippen LogP contribution in [0.2, 0.25) is 0 Å². The first kappa shape index (κ1) is 20.2. The molecular weight excluding hydrogens is 328 g/mol. The van der Waals surface area contributed by atoms with E-state index in [9.17, 15) is 9.59 Å². The zero-order chi connectivity index (χ0) is 18.9. The van der Waals surface area contributed by atoms with Crippen LogP contribution in [0.3, 0.4) is 0 Å². The molecule has 6 heteroatoms. The minimum Gasteiger partial charge on any atom is -0.355 e. The SMILES string of the molecule is CCCNC(=O)CN1CCC(NC(=O)Nc2cccc(C(C)C)c2)CC1. The second-order valence-corrected chi connectivity index (χ2v) is 7.28. The maximum absolute atomic E-state index is 12.2. The third-order valence-electron chi connectivity index (χ3n) is 4.67. The Bertz CT molecular complexity index is 595. The van der Waals surface area contributed by atoms with Crippen LogP contribution in [0.15, 0.2) is 24.3 Å². The number of carbonyl (C=O) groups excluding carboxylic acids is 2. The lowest BCUT2D eigenvalue weighted by atomic mass is 10.0. The van der Waals surface area contributed by atoms with E-state index < -0.39 is 0 Å². The predicted octanol–water partition coefficient (Wildman–Crippen LogP) is 2.92. The average molecular weight is 361 g/mol. The number of hydrogen-bond acceptors (Lipinski definition) is 3. The number of rotatable bonds is 7. The Morgan fingerprint density at radius 3 is 2.62 bits per heavy atom. The highest BCUT2D eigenvalue weighted by Crippen LogP contribution is 2.18. The van der Waals surface area contributed by atoms with Gasteiger partial charge >= 0.3 is 6.03 Å². The zero-order valence-corrected chi connectivity index (χ0v) is 16.2. The molecule has 1 aliphatic heterocycles. The van der Waals surface area contributed by atoms with Crippen LogP contribution < -0.4 is 16.0 Å². The molecule has 3 N–H and O–H groups in total. The molecule has 0 aliphatic carbocycles. The molecule has 1 aromatic carbocycles. The maximum Gasteiger partial charge on any atom is 0.319 e. The molecule has 0 saturated carbocycles. The van der Waals surface area contributed by atoms with Crippen molar-refractivity contribution in [1.29, 1.82) is 0 Å². The monoisotopic (exact) mass is 360 g/mol. The van der Waals surface area contributed by atoms with Crippen molar-refractivity contribution in [2.45, 2.75) is 52.0 Å². The highest BCUT2D eigenvalue weighted by molar-refractivity contribution is 5.89. The smallest absolute Gasteiger partial charge is 0.319 e. The van der Waals surface area contributed by atoms with Crippen LogP contribution in [0.5, 0.6) is 0 Å². The molecule has 0 aromatic heterocycles. The molecular formula is C20H32N4O2. The van der Waals surface area contributed by atoms with Gasteiger partial charge in [-0.2, -0.15) is 0 Å². The summed E-state index contributed by atoms with van der Waals surface area (Å²) >= 11 is 0. The number of hydrogen-bond donors (Lipinski definition) is 3. The van der Waals surface area contributed by atoms with Crippen LogP contribution in [-0.4, -0.2) is 49.1 Å². The number of nitrogens with zero attached hydrogens (tertiary/aromatic N) is 1. The predicted molar refractivity (Wildman–Crippen MR) is 105 cm³/mol. The van der Waals surface area contributed by atoms with Gasteiger partial charge in [-0.05, 0) is 42.9 Å². The van der Waals surface area contributed by atoms with Crippen LogP contribution in [0.4, 0.5) is 10.5 Å². The fourth-order valence-corrected chi connectivity index (χ4v) is 3.09. The summed E-state index contributed by atoms with van der Waals surface area (Å²) in [6.45, 7) is 9.14. The van der Waals surface area contributed by atoms with Crippen molar-refractivity contribution in [3.63, 3.8) is 0 Å². The van der Waals surface area contributed by atoms with Gasteiger partial charge in [0.25, 0.3) is 0 Å². The summed E-state index contributed by atoms with van der Waals surface area (Å²) in [6.07, 6.45) is 2.67. The van der Waals surface area contributed by atoms with Crippen LogP contribution in [0.25, 0.3) is 0 Å². The maximum atomic E-state index is 12.2. The van der Waals surface area contributed by atoms with E-state index in [4.69, 9.17) is 0 Å². The van der Waals surface area contributed by atoms with Gasteiger partial charge in [0.2, 0.25) is 5.91 Å². The van der Waals surface area contributed by atoms with E-state index in [2.05, 4.69) is 40.8 Å². The lowest BCUT2D eigenvalue weighted by molar-refractivity contribution is -0.122. The summed E-state index contributed by atoms with van der Waals surface area (Å²) in [6, 6.07) is 7.95. The van der Waals surface area contributed by atoms with E-state index in [-0.39, 0.29) is 18.0 Å². The van der Waals surface area contributed by atoms with Gasteiger partial charge in [-0.3, -0.25) is 9.69 Å². The largest absolute Gasteiger partial charge is 0.355 e. The van der Waals surface area contributed by atoms with Crippen LogP contribution in [-0.2, 0) is 4.79 Å². The van der Waals surface area contributed by atoms with E-state index in [1.807, 2.05) is 25.1 Å². The first-order valence-corrected chi connectivity index (χ1v) is 9.64. The molecule has 6 nitrogen and oxygen atoms in total. The van der Waals surface area contributed by atoms with Gasteiger partial charge in [-0.1, -0.05) is 32.9 Å². The van der Waals surface area contributed by atoms with Gasteiger partial charge in [-0.15, -0.1) is 0 Å². The van der Waals surface area contributed by atoms with Crippen molar-refractivity contribution in [1.82, 2.24) is 15.5 Å². The van der Waals surface area contributed by atoms with Gasteiger partial charge in [0.05, 0.1) is 6.54 Å². The number of likely N-dealkylation sites (tertiary alicyclic amines) is 1. The molecule has 0 unspecified atom stereocenters. The fraction of sp³-hybridized carbons (Fsp3) is 0.600. The van der Waals surface area contributed by atoms with E-state index in [0.717, 1.165) is 44.6 Å². The van der Waals surface area contributed by atoms with E-state index >= 15 is 0 Å². The summed E-state index contributed by atoms with van der Waals surface area (Å²) in [5, 5.41) is 8.87. The molecule has 1 aromatic rings. The number of nitrogens with one attached hydrogen (secondary N) is 3. The number of amides is 3. The van der Waals surface area contributed by atoms with Crippen LogP contribution in [0, 0.1) is 0 Å². The molecule has 1 fully saturated rings. The lowest BCUT2D eigenvalue weighted by Crippen LogP contribution is -2.48. The van der Waals surface area contributed by atoms with E-state index in [1.54, 1.807) is 0 Å². The highest BCUT2D eigenvalue weighted by atomic mass is 16.2. The first-order chi connectivity index (χ1) is 12.5. The molecule has 0 bridgehead atoms. The average Bonchev–Trinajstić information content (AvgIpc) is 2.61. The minimum absolute atomic E-state index is 0.0843. The Hall–Kier alpha value is -2.08. The van der Waals surface area contributed by atoms with Crippen molar-refractivity contribution in [3.8, 4) is 0 Å². The number of piperidine rings is 1. The minimum atomic E-state index is -0.162. The van der Waals surface area contributed by atoms with Crippen molar-refractivity contribution in [3.05, 3.63) is 29.8 Å².